The molecule has 8 heteroatoms. The van der Waals surface area contributed by atoms with Gasteiger partial charge in [0.25, 0.3) is 0 Å². The summed E-state index contributed by atoms with van der Waals surface area (Å²) in [5, 5.41) is 0. The highest BCUT2D eigenvalue weighted by Crippen LogP contribution is 2.39. The zero-order valence-electron chi connectivity index (χ0n) is 19.6. The summed E-state index contributed by atoms with van der Waals surface area (Å²) in [6.45, 7) is 4.54. The summed E-state index contributed by atoms with van der Waals surface area (Å²) >= 11 is 0. The van der Waals surface area contributed by atoms with Gasteiger partial charge < -0.3 is 14.5 Å². The van der Waals surface area contributed by atoms with E-state index in [4.69, 9.17) is 9.47 Å². The van der Waals surface area contributed by atoms with Crippen LogP contribution in [0, 0.1) is 11.6 Å². The lowest BCUT2D eigenvalue weighted by Gasteiger charge is -2.26. The molecule has 3 aromatic carbocycles. The Morgan fingerprint density at radius 2 is 1.83 bits per heavy atom. The number of aromatic amines is 1. The van der Waals surface area contributed by atoms with Crippen molar-refractivity contribution >= 4 is 22.7 Å². The predicted octanol–water partition coefficient (Wildman–Crippen LogP) is 4.42. The van der Waals surface area contributed by atoms with Crippen LogP contribution in [-0.4, -0.2) is 47.3 Å². The first-order chi connectivity index (χ1) is 17.6. The van der Waals surface area contributed by atoms with E-state index in [9.17, 15) is 13.6 Å². The Morgan fingerprint density at radius 1 is 0.972 bits per heavy atom. The van der Waals surface area contributed by atoms with Crippen molar-refractivity contribution in [3.05, 3.63) is 99.0 Å². The number of nitrogens with one attached hydrogen (secondary N) is 1. The molecule has 0 spiro atoms. The quantitative estimate of drug-likeness (QED) is 0.461. The van der Waals surface area contributed by atoms with Crippen LogP contribution in [0.4, 0.5) is 8.78 Å². The smallest absolute Gasteiger partial charge is 0.326 e. The summed E-state index contributed by atoms with van der Waals surface area (Å²) in [6, 6.07) is 15.0. The van der Waals surface area contributed by atoms with E-state index in [0.717, 1.165) is 41.8 Å². The number of morpholine rings is 1. The van der Waals surface area contributed by atoms with E-state index < -0.39 is 5.82 Å². The van der Waals surface area contributed by atoms with E-state index in [1.807, 2.05) is 30.3 Å². The van der Waals surface area contributed by atoms with Gasteiger partial charge in [0.2, 0.25) is 0 Å². The maximum absolute atomic E-state index is 14.7. The average molecular weight is 490 g/mol. The molecule has 184 valence electrons. The SMILES string of the molecule is O=c1[nH]c2cc(C=C3c4ccc(F)cc4OCc4c(F)cccc43)ccc2n1CCN1CCOCC1. The maximum atomic E-state index is 14.7. The lowest BCUT2D eigenvalue weighted by Crippen LogP contribution is -2.39. The van der Waals surface area contributed by atoms with Crippen LogP contribution in [0.25, 0.3) is 22.7 Å². The summed E-state index contributed by atoms with van der Waals surface area (Å²) in [4.78, 5) is 18.0. The third-order valence-electron chi connectivity index (χ3n) is 6.87. The van der Waals surface area contributed by atoms with Crippen LogP contribution in [0.15, 0.2) is 59.4 Å². The van der Waals surface area contributed by atoms with Gasteiger partial charge in [-0.2, -0.15) is 0 Å². The molecule has 0 radical (unpaired) electrons. The molecule has 1 fully saturated rings. The van der Waals surface area contributed by atoms with Gasteiger partial charge in [-0.15, -0.1) is 0 Å². The van der Waals surface area contributed by atoms with Crippen molar-refractivity contribution < 1.29 is 18.3 Å². The van der Waals surface area contributed by atoms with Gasteiger partial charge in [-0.1, -0.05) is 18.2 Å². The highest BCUT2D eigenvalue weighted by Gasteiger charge is 2.22. The van der Waals surface area contributed by atoms with Gasteiger partial charge in [0.15, 0.2) is 0 Å². The van der Waals surface area contributed by atoms with E-state index in [-0.39, 0.29) is 18.1 Å². The molecular formula is C28H25F2N3O3. The van der Waals surface area contributed by atoms with Crippen LogP contribution in [0.2, 0.25) is 0 Å². The molecule has 6 nitrogen and oxygen atoms in total. The molecule has 2 aliphatic heterocycles. The molecule has 0 bridgehead atoms. The molecule has 1 saturated heterocycles. The minimum atomic E-state index is -0.419. The van der Waals surface area contributed by atoms with Crippen LogP contribution in [0.5, 0.6) is 5.75 Å². The lowest BCUT2D eigenvalue weighted by molar-refractivity contribution is 0.0364. The summed E-state index contributed by atoms with van der Waals surface area (Å²) < 4.78 is 41.6. The molecule has 0 saturated carbocycles. The molecule has 0 atom stereocenters. The van der Waals surface area contributed by atoms with Gasteiger partial charge >= 0.3 is 5.69 Å². The molecule has 36 heavy (non-hydrogen) atoms. The third kappa shape index (κ3) is 4.23. The summed E-state index contributed by atoms with van der Waals surface area (Å²) in [6.07, 6.45) is 1.92. The monoisotopic (exact) mass is 489 g/mol. The van der Waals surface area contributed by atoms with Crippen LogP contribution < -0.4 is 10.4 Å². The fourth-order valence-electron chi connectivity index (χ4n) is 4.97. The molecule has 4 aromatic rings. The topological polar surface area (TPSA) is 59.5 Å². The normalized spacial score (nSPS) is 17.0. The minimum Gasteiger partial charge on any atom is -0.488 e. The number of benzene rings is 3. The second-order valence-corrected chi connectivity index (χ2v) is 9.07. The fraction of sp³-hybridized carbons (Fsp3) is 0.250. The van der Waals surface area contributed by atoms with Crippen molar-refractivity contribution in [3.8, 4) is 5.75 Å². The third-order valence-corrected chi connectivity index (χ3v) is 6.87. The number of ether oxygens (including phenoxy) is 2. The van der Waals surface area contributed by atoms with E-state index in [1.54, 1.807) is 16.7 Å². The van der Waals surface area contributed by atoms with Crippen molar-refractivity contribution in [1.82, 2.24) is 14.5 Å². The molecule has 2 aliphatic rings. The Labute approximate surface area is 206 Å². The molecule has 0 unspecified atom stereocenters. The Kier molecular flexibility index (Phi) is 5.91. The van der Waals surface area contributed by atoms with Crippen molar-refractivity contribution in [1.29, 1.82) is 0 Å². The van der Waals surface area contributed by atoms with E-state index in [2.05, 4.69) is 9.88 Å². The number of imidazole rings is 1. The largest absolute Gasteiger partial charge is 0.488 e. The molecule has 1 N–H and O–H groups in total. The summed E-state index contributed by atoms with van der Waals surface area (Å²) in [5.41, 5.74) is 4.74. The van der Waals surface area contributed by atoms with Crippen LogP contribution in [-0.2, 0) is 17.9 Å². The number of rotatable bonds is 4. The van der Waals surface area contributed by atoms with Crippen molar-refractivity contribution in [2.75, 3.05) is 32.8 Å². The van der Waals surface area contributed by atoms with Gasteiger partial charge in [-0.05, 0) is 53.1 Å². The second-order valence-electron chi connectivity index (χ2n) is 9.07. The molecule has 0 amide bonds. The Morgan fingerprint density at radius 3 is 2.69 bits per heavy atom. The standard InChI is InChI=1S/C28H25F2N3O3/c29-19-5-6-21-22(20-2-1-3-24(30)23(20)17-36-27(21)16-19)14-18-4-7-26-25(15-18)31-28(34)33(26)9-8-32-10-12-35-13-11-32/h1-7,14-16H,8-13,17H2,(H,31,34). The van der Waals surface area contributed by atoms with E-state index in [0.29, 0.717) is 42.2 Å². The van der Waals surface area contributed by atoms with Gasteiger partial charge in [0.1, 0.15) is 24.0 Å². The maximum Gasteiger partial charge on any atom is 0.326 e. The molecule has 6 rings (SSSR count). The first-order valence-corrected chi connectivity index (χ1v) is 12.0. The van der Waals surface area contributed by atoms with Crippen LogP contribution >= 0.6 is 0 Å². The first kappa shape index (κ1) is 22.7. The average Bonchev–Trinajstić information content (AvgIpc) is 3.11. The van der Waals surface area contributed by atoms with E-state index >= 15 is 0 Å². The lowest BCUT2D eigenvalue weighted by atomic mass is 9.92. The Bertz CT molecular complexity index is 1530. The molecule has 0 aliphatic carbocycles. The number of fused-ring (bicyclic) bond motifs is 3. The van der Waals surface area contributed by atoms with Crippen molar-refractivity contribution in [3.63, 3.8) is 0 Å². The van der Waals surface area contributed by atoms with Crippen LogP contribution in [0.3, 0.4) is 0 Å². The summed E-state index contributed by atoms with van der Waals surface area (Å²) in [7, 11) is 0. The molecule has 1 aromatic heterocycles. The zero-order valence-corrected chi connectivity index (χ0v) is 19.6. The van der Waals surface area contributed by atoms with Gasteiger partial charge in [0.05, 0.1) is 24.2 Å². The van der Waals surface area contributed by atoms with Crippen molar-refractivity contribution in [2.45, 2.75) is 13.2 Å². The number of hydrogen-bond acceptors (Lipinski definition) is 4. The van der Waals surface area contributed by atoms with Gasteiger partial charge in [0, 0.05) is 43.4 Å². The second kappa shape index (κ2) is 9.37. The fourth-order valence-corrected chi connectivity index (χ4v) is 4.97. The number of nitrogens with zero attached hydrogens (tertiary/aromatic N) is 2. The molecular weight excluding hydrogens is 464 g/mol. The molecule has 3 heterocycles. The summed E-state index contributed by atoms with van der Waals surface area (Å²) in [5.74, 6) is -0.429. The predicted molar refractivity (Wildman–Crippen MR) is 134 cm³/mol. The number of H-pyrrole nitrogens is 1. The number of hydrogen-bond donors (Lipinski definition) is 1. The van der Waals surface area contributed by atoms with Gasteiger partial charge in [-0.25, -0.2) is 13.6 Å². The first-order valence-electron chi connectivity index (χ1n) is 12.0. The highest BCUT2D eigenvalue weighted by atomic mass is 19.1. The van der Waals surface area contributed by atoms with Crippen LogP contribution in [0.1, 0.15) is 22.3 Å². The van der Waals surface area contributed by atoms with Crippen molar-refractivity contribution in [2.24, 2.45) is 0 Å². The highest BCUT2D eigenvalue weighted by molar-refractivity contribution is 5.95. The minimum absolute atomic E-state index is 0.00808. The Hall–Kier alpha value is -3.75. The number of halogens is 2. The van der Waals surface area contributed by atoms with E-state index in [1.165, 1.54) is 18.2 Å². The number of aromatic nitrogens is 2. The Balaban J connectivity index is 1.40. The zero-order chi connectivity index (χ0) is 24.6. The van der Waals surface area contributed by atoms with Gasteiger partial charge in [-0.3, -0.25) is 9.47 Å².